The Hall–Kier alpha value is -1.07. The van der Waals surface area contributed by atoms with Crippen molar-refractivity contribution in [2.75, 3.05) is 14.2 Å². The molecule has 0 radical (unpaired) electrons. The zero-order valence-electron chi connectivity index (χ0n) is 10.1. The first-order valence-electron chi connectivity index (χ1n) is 5.22. The minimum Gasteiger partial charge on any atom is -0.496 e. The number of carbonyl (C=O) groups excluding carboxylic acids is 1. The Bertz CT molecular complexity index is 395. The molecule has 0 aliphatic carbocycles. The fourth-order valence-electron chi connectivity index (χ4n) is 1.35. The van der Waals surface area contributed by atoms with Crippen LogP contribution in [0.1, 0.15) is 12.5 Å². The normalized spacial score (nSPS) is 12.0. The molecule has 1 aromatic rings. The van der Waals surface area contributed by atoms with Crippen molar-refractivity contribution in [2.45, 2.75) is 19.5 Å². The lowest BCUT2D eigenvalue weighted by Gasteiger charge is -2.12. The van der Waals surface area contributed by atoms with Crippen LogP contribution in [0.2, 0.25) is 0 Å². The number of methoxy groups -OCH3 is 2. The van der Waals surface area contributed by atoms with E-state index < -0.39 is 0 Å². The zero-order valence-corrected chi connectivity index (χ0v) is 11.7. The third-order valence-electron chi connectivity index (χ3n) is 2.38. The van der Waals surface area contributed by atoms with Crippen molar-refractivity contribution < 1.29 is 14.3 Å². The van der Waals surface area contributed by atoms with E-state index >= 15 is 0 Å². The lowest BCUT2D eigenvalue weighted by atomic mass is 10.2. The highest BCUT2D eigenvalue weighted by atomic mass is 79.9. The molecule has 0 aromatic heterocycles. The lowest BCUT2D eigenvalue weighted by molar-refractivity contribution is -0.142. The van der Waals surface area contributed by atoms with E-state index in [4.69, 9.17) is 4.74 Å². The van der Waals surface area contributed by atoms with Crippen molar-refractivity contribution in [1.82, 2.24) is 5.32 Å². The van der Waals surface area contributed by atoms with Gasteiger partial charge in [-0.05, 0) is 40.5 Å². The first-order chi connectivity index (χ1) is 8.08. The van der Waals surface area contributed by atoms with Crippen LogP contribution in [-0.4, -0.2) is 26.2 Å². The SMILES string of the molecule is COC(=O)[C@H](C)NCc1ccc(OC)c(Br)c1. The molecule has 4 nitrogen and oxygen atoms in total. The van der Waals surface area contributed by atoms with Crippen LogP contribution in [0.4, 0.5) is 0 Å². The van der Waals surface area contributed by atoms with Crippen LogP contribution in [0.15, 0.2) is 22.7 Å². The van der Waals surface area contributed by atoms with Gasteiger partial charge in [-0.1, -0.05) is 6.07 Å². The van der Waals surface area contributed by atoms with Gasteiger partial charge in [0.05, 0.1) is 18.7 Å². The fourth-order valence-corrected chi connectivity index (χ4v) is 1.94. The molecule has 1 aromatic carbocycles. The average Bonchev–Trinajstić information content (AvgIpc) is 2.35. The van der Waals surface area contributed by atoms with E-state index in [1.807, 2.05) is 18.2 Å². The van der Waals surface area contributed by atoms with Crippen molar-refractivity contribution in [3.8, 4) is 5.75 Å². The summed E-state index contributed by atoms with van der Waals surface area (Å²) in [5.74, 6) is 0.521. The van der Waals surface area contributed by atoms with Gasteiger partial charge in [0.25, 0.3) is 0 Å². The quantitative estimate of drug-likeness (QED) is 0.846. The molecular weight excluding hydrogens is 286 g/mol. The summed E-state index contributed by atoms with van der Waals surface area (Å²) >= 11 is 3.41. The molecule has 1 rings (SSSR count). The van der Waals surface area contributed by atoms with Crippen LogP contribution in [0.5, 0.6) is 5.75 Å². The molecule has 0 saturated heterocycles. The molecule has 0 heterocycles. The molecule has 0 spiro atoms. The van der Waals surface area contributed by atoms with E-state index in [1.165, 1.54) is 7.11 Å². The van der Waals surface area contributed by atoms with Crippen molar-refractivity contribution in [2.24, 2.45) is 0 Å². The first-order valence-corrected chi connectivity index (χ1v) is 6.01. The van der Waals surface area contributed by atoms with Gasteiger partial charge in [-0.2, -0.15) is 0 Å². The summed E-state index contributed by atoms with van der Waals surface area (Å²) < 4.78 is 10.7. The van der Waals surface area contributed by atoms with Gasteiger partial charge < -0.3 is 14.8 Å². The van der Waals surface area contributed by atoms with Gasteiger partial charge in [0, 0.05) is 6.54 Å². The number of rotatable bonds is 5. The number of nitrogens with one attached hydrogen (secondary N) is 1. The molecule has 0 aliphatic rings. The van der Waals surface area contributed by atoms with E-state index in [2.05, 4.69) is 26.0 Å². The molecule has 0 amide bonds. The monoisotopic (exact) mass is 301 g/mol. The molecular formula is C12H16BrNO3. The number of carbonyl (C=O) groups is 1. The van der Waals surface area contributed by atoms with Crippen molar-refractivity contribution in [3.05, 3.63) is 28.2 Å². The largest absolute Gasteiger partial charge is 0.496 e. The molecule has 0 aliphatic heterocycles. The molecule has 1 atom stereocenters. The molecule has 17 heavy (non-hydrogen) atoms. The highest BCUT2D eigenvalue weighted by Gasteiger charge is 2.11. The van der Waals surface area contributed by atoms with Crippen molar-refractivity contribution in [1.29, 1.82) is 0 Å². The Labute approximate surface area is 109 Å². The fraction of sp³-hybridized carbons (Fsp3) is 0.417. The van der Waals surface area contributed by atoms with E-state index in [1.54, 1.807) is 14.0 Å². The maximum atomic E-state index is 11.2. The predicted molar refractivity (Wildman–Crippen MR) is 69.0 cm³/mol. The maximum Gasteiger partial charge on any atom is 0.322 e. The summed E-state index contributed by atoms with van der Waals surface area (Å²) in [5.41, 5.74) is 1.06. The Morgan fingerprint density at radius 1 is 1.47 bits per heavy atom. The maximum absolute atomic E-state index is 11.2. The van der Waals surface area contributed by atoms with Gasteiger partial charge >= 0.3 is 5.97 Å². The zero-order chi connectivity index (χ0) is 12.8. The van der Waals surface area contributed by atoms with E-state index in [9.17, 15) is 4.79 Å². The lowest BCUT2D eigenvalue weighted by Crippen LogP contribution is -2.34. The number of ether oxygens (including phenoxy) is 2. The number of hydrogen-bond donors (Lipinski definition) is 1. The molecule has 0 bridgehead atoms. The predicted octanol–water partition coefficient (Wildman–Crippen LogP) is 2.11. The van der Waals surface area contributed by atoms with Crippen LogP contribution in [0.3, 0.4) is 0 Å². The second-order valence-corrected chi connectivity index (χ2v) is 4.45. The highest BCUT2D eigenvalue weighted by Crippen LogP contribution is 2.25. The standard InChI is InChI=1S/C12H16BrNO3/c1-8(12(15)17-3)14-7-9-4-5-11(16-2)10(13)6-9/h4-6,8,14H,7H2,1-3H3/t8-/m0/s1. The second-order valence-electron chi connectivity index (χ2n) is 3.59. The van der Waals surface area contributed by atoms with Gasteiger partial charge in [-0.3, -0.25) is 4.79 Å². The van der Waals surface area contributed by atoms with E-state index in [-0.39, 0.29) is 12.0 Å². The topological polar surface area (TPSA) is 47.6 Å². The van der Waals surface area contributed by atoms with Gasteiger partial charge in [-0.15, -0.1) is 0 Å². The molecule has 0 saturated carbocycles. The van der Waals surface area contributed by atoms with Gasteiger partial charge in [0.2, 0.25) is 0 Å². The third kappa shape index (κ3) is 4.02. The Morgan fingerprint density at radius 3 is 2.71 bits per heavy atom. The van der Waals surface area contributed by atoms with E-state index in [0.29, 0.717) is 6.54 Å². The van der Waals surface area contributed by atoms with Crippen LogP contribution in [0.25, 0.3) is 0 Å². The molecule has 0 fully saturated rings. The minimum atomic E-state index is -0.319. The number of halogens is 1. The molecule has 1 N–H and O–H groups in total. The van der Waals surface area contributed by atoms with Gasteiger partial charge in [0.1, 0.15) is 11.8 Å². The van der Waals surface area contributed by atoms with Crippen LogP contribution in [-0.2, 0) is 16.1 Å². The summed E-state index contributed by atoms with van der Waals surface area (Å²) in [5, 5.41) is 3.08. The van der Waals surface area contributed by atoms with Crippen molar-refractivity contribution in [3.63, 3.8) is 0 Å². The van der Waals surface area contributed by atoms with Crippen LogP contribution < -0.4 is 10.1 Å². The molecule has 0 unspecified atom stereocenters. The summed E-state index contributed by atoms with van der Waals surface area (Å²) in [6.07, 6.45) is 0. The van der Waals surface area contributed by atoms with Gasteiger partial charge in [0.15, 0.2) is 0 Å². The van der Waals surface area contributed by atoms with Crippen molar-refractivity contribution >= 4 is 21.9 Å². The molecule has 5 heteroatoms. The second kappa shape index (κ2) is 6.61. The van der Waals surface area contributed by atoms with Gasteiger partial charge in [-0.25, -0.2) is 0 Å². The molecule has 94 valence electrons. The average molecular weight is 302 g/mol. The third-order valence-corrected chi connectivity index (χ3v) is 3.00. The van der Waals surface area contributed by atoms with Crippen LogP contribution >= 0.6 is 15.9 Å². The summed E-state index contributed by atoms with van der Waals surface area (Å²) in [4.78, 5) is 11.2. The minimum absolute atomic E-state index is 0.266. The summed E-state index contributed by atoms with van der Waals surface area (Å²) in [6.45, 7) is 2.36. The number of esters is 1. The van der Waals surface area contributed by atoms with E-state index in [0.717, 1.165) is 15.8 Å². The number of hydrogen-bond acceptors (Lipinski definition) is 4. The summed E-state index contributed by atoms with van der Waals surface area (Å²) in [7, 11) is 3.00. The Kier molecular flexibility index (Phi) is 5.44. The number of benzene rings is 1. The smallest absolute Gasteiger partial charge is 0.322 e. The highest BCUT2D eigenvalue weighted by molar-refractivity contribution is 9.10. The Balaban J connectivity index is 2.58. The first kappa shape index (κ1) is 14.0. The van der Waals surface area contributed by atoms with Crippen LogP contribution in [0, 0.1) is 0 Å². The summed E-state index contributed by atoms with van der Waals surface area (Å²) in [6, 6.07) is 5.46. The Morgan fingerprint density at radius 2 is 2.18 bits per heavy atom.